The van der Waals surface area contributed by atoms with Gasteiger partial charge in [0.25, 0.3) is 0 Å². The Labute approximate surface area is 179 Å². The monoisotopic (exact) mass is 428 g/mol. The van der Waals surface area contributed by atoms with Crippen molar-refractivity contribution in [3.63, 3.8) is 0 Å². The van der Waals surface area contributed by atoms with Gasteiger partial charge in [-0.15, -0.1) is 11.8 Å². The van der Waals surface area contributed by atoms with Crippen LogP contribution in [0, 0.1) is 0 Å². The molecule has 2 aromatic rings. The number of amides is 1. The summed E-state index contributed by atoms with van der Waals surface area (Å²) in [7, 11) is 0. The summed E-state index contributed by atoms with van der Waals surface area (Å²) in [6.45, 7) is 5.55. The first-order valence-corrected chi connectivity index (χ1v) is 11.1. The average molecular weight is 429 g/mol. The fourth-order valence-corrected chi connectivity index (χ4v) is 4.63. The number of ether oxygens (including phenoxy) is 4. The first-order valence-electron chi connectivity index (χ1n) is 10.2. The molecule has 1 fully saturated rings. The highest BCUT2D eigenvalue weighted by Gasteiger charge is 2.22. The molecule has 0 atom stereocenters. The van der Waals surface area contributed by atoms with E-state index in [2.05, 4.69) is 11.0 Å². The van der Waals surface area contributed by atoms with Crippen molar-refractivity contribution in [1.29, 1.82) is 0 Å². The third kappa shape index (κ3) is 4.29. The van der Waals surface area contributed by atoms with Gasteiger partial charge in [-0.25, -0.2) is 0 Å². The lowest BCUT2D eigenvalue weighted by Crippen LogP contribution is -2.48. The molecular weight excluding hydrogens is 404 g/mol. The Bertz CT molecular complexity index is 930. The zero-order chi connectivity index (χ0) is 20.3. The number of carbonyl (C=O) groups is 1. The van der Waals surface area contributed by atoms with Crippen LogP contribution in [0.3, 0.4) is 0 Å². The number of benzene rings is 2. The number of fused-ring (bicyclic) bond motifs is 2. The van der Waals surface area contributed by atoms with Gasteiger partial charge < -0.3 is 23.8 Å². The highest BCUT2D eigenvalue weighted by Crippen LogP contribution is 2.34. The zero-order valence-corrected chi connectivity index (χ0v) is 17.5. The van der Waals surface area contributed by atoms with Gasteiger partial charge in [-0.3, -0.25) is 9.69 Å². The molecule has 0 spiro atoms. The topological polar surface area (TPSA) is 60.5 Å². The van der Waals surface area contributed by atoms with Crippen molar-refractivity contribution in [3.8, 4) is 23.0 Å². The molecule has 158 valence electrons. The minimum Gasteiger partial charge on any atom is -0.486 e. The molecule has 3 aliphatic heterocycles. The fraction of sp³-hybridized carbons (Fsp3) is 0.409. The lowest BCUT2D eigenvalue weighted by molar-refractivity contribution is -0.130. The molecule has 0 bridgehead atoms. The second kappa shape index (κ2) is 8.65. The summed E-state index contributed by atoms with van der Waals surface area (Å²) in [6, 6.07) is 11.9. The summed E-state index contributed by atoms with van der Waals surface area (Å²) < 4.78 is 22.0. The Kier molecular flexibility index (Phi) is 5.59. The van der Waals surface area contributed by atoms with Crippen LogP contribution in [0.5, 0.6) is 23.0 Å². The molecule has 2 aromatic carbocycles. The van der Waals surface area contributed by atoms with Crippen molar-refractivity contribution in [2.24, 2.45) is 0 Å². The Morgan fingerprint density at radius 3 is 2.40 bits per heavy atom. The predicted molar refractivity (Wildman–Crippen MR) is 113 cm³/mol. The predicted octanol–water partition coefficient (Wildman–Crippen LogP) is 2.62. The van der Waals surface area contributed by atoms with Crippen LogP contribution < -0.4 is 18.9 Å². The van der Waals surface area contributed by atoms with Crippen molar-refractivity contribution in [3.05, 3.63) is 42.0 Å². The minimum absolute atomic E-state index is 0.178. The van der Waals surface area contributed by atoms with E-state index in [0.29, 0.717) is 25.8 Å². The molecule has 1 saturated heterocycles. The van der Waals surface area contributed by atoms with Crippen molar-refractivity contribution >= 4 is 17.7 Å². The van der Waals surface area contributed by atoms with Gasteiger partial charge >= 0.3 is 0 Å². The Morgan fingerprint density at radius 1 is 0.833 bits per heavy atom. The van der Waals surface area contributed by atoms with Crippen LogP contribution in [0.2, 0.25) is 0 Å². The fourth-order valence-electron chi connectivity index (χ4n) is 3.80. The number of carbonyl (C=O) groups excluding carboxylic acids is 1. The van der Waals surface area contributed by atoms with Crippen molar-refractivity contribution in [2.75, 3.05) is 51.9 Å². The minimum atomic E-state index is 0.178. The highest BCUT2D eigenvalue weighted by atomic mass is 32.2. The first-order chi connectivity index (χ1) is 14.7. The molecule has 0 N–H and O–H groups in total. The first kappa shape index (κ1) is 19.4. The van der Waals surface area contributed by atoms with Gasteiger partial charge in [0.2, 0.25) is 12.7 Å². The van der Waals surface area contributed by atoms with Crippen molar-refractivity contribution in [1.82, 2.24) is 9.80 Å². The maximum Gasteiger partial charge on any atom is 0.233 e. The number of hydrogen-bond donors (Lipinski definition) is 0. The molecule has 30 heavy (non-hydrogen) atoms. The Hall–Kier alpha value is -2.58. The molecule has 7 nitrogen and oxygen atoms in total. The zero-order valence-electron chi connectivity index (χ0n) is 16.7. The van der Waals surface area contributed by atoms with E-state index in [1.807, 2.05) is 35.2 Å². The molecule has 0 aromatic heterocycles. The van der Waals surface area contributed by atoms with E-state index in [0.717, 1.165) is 60.6 Å². The van der Waals surface area contributed by atoms with E-state index in [1.165, 1.54) is 5.56 Å². The van der Waals surface area contributed by atoms with Gasteiger partial charge in [-0.1, -0.05) is 6.07 Å². The molecule has 3 heterocycles. The van der Waals surface area contributed by atoms with Crippen LogP contribution >= 0.6 is 11.8 Å². The molecule has 1 amide bonds. The largest absolute Gasteiger partial charge is 0.486 e. The highest BCUT2D eigenvalue weighted by molar-refractivity contribution is 8.00. The summed E-state index contributed by atoms with van der Waals surface area (Å²) in [4.78, 5) is 18.0. The summed E-state index contributed by atoms with van der Waals surface area (Å²) >= 11 is 1.54. The quantitative estimate of drug-likeness (QED) is 0.679. The number of rotatable bonds is 5. The van der Waals surface area contributed by atoms with Gasteiger partial charge in [0.1, 0.15) is 13.2 Å². The molecular formula is C22H24N2O5S. The van der Waals surface area contributed by atoms with E-state index in [-0.39, 0.29) is 5.91 Å². The smallest absolute Gasteiger partial charge is 0.233 e. The summed E-state index contributed by atoms with van der Waals surface area (Å²) in [5.74, 6) is 3.77. The molecule has 0 saturated carbocycles. The normalized spacial score (nSPS) is 17.8. The number of piperazine rings is 1. The number of nitrogens with zero attached hydrogens (tertiary/aromatic N) is 2. The maximum atomic E-state index is 12.7. The van der Waals surface area contributed by atoms with Crippen LogP contribution in [0.1, 0.15) is 5.56 Å². The lowest BCUT2D eigenvalue weighted by atomic mass is 10.1. The third-order valence-electron chi connectivity index (χ3n) is 5.44. The molecule has 5 rings (SSSR count). The summed E-state index contributed by atoms with van der Waals surface area (Å²) in [5, 5.41) is 0. The summed E-state index contributed by atoms with van der Waals surface area (Å²) in [5.41, 5.74) is 1.20. The molecule has 0 radical (unpaired) electrons. The van der Waals surface area contributed by atoms with E-state index in [9.17, 15) is 4.79 Å². The molecule has 0 aliphatic carbocycles. The molecule has 3 aliphatic rings. The van der Waals surface area contributed by atoms with Crippen LogP contribution in [0.25, 0.3) is 0 Å². The van der Waals surface area contributed by atoms with Crippen molar-refractivity contribution in [2.45, 2.75) is 11.4 Å². The molecule has 0 unspecified atom stereocenters. The van der Waals surface area contributed by atoms with Gasteiger partial charge in [-0.2, -0.15) is 0 Å². The van der Waals surface area contributed by atoms with E-state index < -0.39 is 0 Å². The van der Waals surface area contributed by atoms with Crippen LogP contribution in [-0.2, 0) is 11.3 Å². The maximum absolute atomic E-state index is 12.7. The second-order valence-corrected chi connectivity index (χ2v) is 8.49. The van der Waals surface area contributed by atoms with Crippen LogP contribution in [0.4, 0.5) is 0 Å². The van der Waals surface area contributed by atoms with Crippen LogP contribution in [-0.4, -0.2) is 67.6 Å². The average Bonchev–Trinajstić information content (AvgIpc) is 3.26. The third-order valence-corrected chi connectivity index (χ3v) is 6.42. The van der Waals surface area contributed by atoms with Gasteiger partial charge in [0.15, 0.2) is 23.0 Å². The van der Waals surface area contributed by atoms with E-state index >= 15 is 0 Å². The SMILES string of the molecule is O=C(CSc1ccc2c(c1)OCCO2)N1CCN(Cc2ccc3c(c2)OCO3)CC1. The van der Waals surface area contributed by atoms with Gasteiger partial charge in [0, 0.05) is 37.6 Å². The number of hydrogen-bond acceptors (Lipinski definition) is 7. The second-order valence-electron chi connectivity index (χ2n) is 7.44. The van der Waals surface area contributed by atoms with Crippen LogP contribution in [0.15, 0.2) is 41.3 Å². The van der Waals surface area contributed by atoms with E-state index in [4.69, 9.17) is 18.9 Å². The number of thioether (sulfide) groups is 1. The Balaban J connectivity index is 1.09. The molecule has 8 heteroatoms. The lowest BCUT2D eigenvalue weighted by Gasteiger charge is -2.34. The van der Waals surface area contributed by atoms with E-state index in [1.54, 1.807) is 11.8 Å². The van der Waals surface area contributed by atoms with Gasteiger partial charge in [0.05, 0.1) is 5.75 Å². The standard InChI is InChI=1S/C22H24N2O5S/c25-22(14-30-17-2-4-18-21(12-17)27-10-9-26-18)24-7-5-23(6-8-24)13-16-1-3-19-20(11-16)29-15-28-19/h1-4,11-12H,5-10,13-15H2. The Morgan fingerprint density at radius 2 is 1.53 bits per heavy atom. The van der Waals surface area contributed by atoms with Gasteiger partial charge in [-0.05, 0) is 35.9 Å². The van der Waals surface area contributed by atoms with Crippen molar-refractivity contribution < 1.29 is 23.7 Å². The summed E-state index contributed by atoms with van der Waals surface area (Å²) in [6.07, 6.45) is 0.